The summed E-state index contributed by atoms with van der Waals surface area (Å²) in [5.74, 6) is 5.39. The summed E-state index contributed by atoms with van der Waals surface area (Å²) in [6.45, 7) is 1.33. The lowest BCUT2D eigenvalue weighted by atomic mass is 10.3. The Morgan fingerprint density at radius 1 is 1.37 bits per heavy atom. The van der Waals surface area contributed by atoms with Gasteiger partial charge >= 0.3 is 0 Å². The molecule has 4 N–H and O–H groups in total. The van der Waals surface area contributed by atoms with Gasteiger partial charge in [-0.1, -0.05) is 0 Å². The average Bonchev–Trinajstić information content (AvgIpc) is 2.37. The van der Waals surface area contributed by atoms with Gasteiger partial charge in [-0.25, -0.2) is 24.0 Å². The maximum Gasteiger partial charge on any atom is 0.244 e. The minimum absolute atomic E-state index is 0.0603. The van der Waals surface area contributed by atoms with E-state index in [4.69, 9.17) is 5.84 Å². The molecule has 0 radical (unpaired) electrons. The average molecular weight is 287 g/mol. The summed E-state index contributed by atoms with van der Waals surface area (Å²) < 4.78 is 26.6. The third kappa shape index (κ3) is 5.11. The van der Waals surface area contributed by atoms with Crippen LogP contribution in [0.3, 0.4) is 0 Å². The van der Waals surface area contributed by atoms with Crippen molar-refractivity contribution in [1.82, 2.24) is 14.6 Å². The Morgan fingerprint density at radius 3 is 2.74 bits per heavy atom. The molecule has 0 atom stereocenters. The van der Waals surface area contributed by atoms with Gasteiger partial charge in [-0.15, -0.1) is 0 Å². The predicted molar refractivity (Wildman–Crippen MR) is 75.0 cm³/mol. The van der Waals surface area contributed by atoms with E-state index in [1.807, 2.05) is 14.1 Å². The highest BCUT2D eigenvalue weighted by molar-refractivity contribution is 7.89. The molecule has 0 saturated heterocycles. The summed E-state index contributed by atoms with van der Waals surface area (Å²) >= 11 is 0. The molecule has 0 aliphatic rings. The summed E-state index contributed by atoms with van der Waals surface area (Å²) in [7, 11) is 0.398. The van der Waals surface area contributed by atoms with Crippen LogP contribution < -0.4 is 16.0 Å². The summed E-state index contributed by atoms with van der Waals surface area (Å²) in [6.07, 6.45) is 3.19. The number of pyridine rings is 1. The number of aromatic nitrogens is 1. The zero-order valence-electron chi connectivity index (χ0n) is 11.3. The first-order valence-corrected chi connectivity index (χ1v) is 7.51. The van der Waals surface area contributed by atoms with Gasteiger partial charge in [0.15, 0.2) is 5.82 Å². The molecule has 1 aromatic rings. The minimum Gasteiger partial charge on any atom is -0.309 e. The molecule has 0 saturated carbocycles. The van der Waals surface area contributed by atoms with Gasteiger partial charge in [0.2, 0.25) is 10.0 Å². The number of unbranched alkanes of at least 4 members (excludes halogenated alkanes) is 1. The van der Waals surface area contributed by atoms with E-state index >= 15 is 0 Å². The van der Waals surface area contributed by atoms with E-state index in [1.165, 1.54) is 12.3 Å². The highest BCUT2D eigenvalue weighted by Gasteiger charge is 2.18. The number of hydrogen-bond donors (Lipinski definition) is 3. The number of nitrogens with one attached hydrogen (secondary N) is 2. The number of hydrogen-bond acceptors (Lipinski definition) is 6. The smallest absolute Gasteiger partial charge is 0.244 e. The van der Waals surface area contributed by atoms with E-state index in [1.54, 1.807) is 6.07 Å². The lowest BCUT2D eigenvalue weighted by Crippen LogP contribution is -2.27. The highest BCUT2D eigenvalue weighted by Crippen LogP contribution is 2.16. The monoisotopic (exact) mass is 287 g/mol. The fourth-order valence-electron chi connectivity index (χ4n) is 1.55. The van der Waals surface area contributed by atoms with Gasteiger partial charge in [0.1, 0.15) is 4.90 Å². The van der Waals surface area contributed by atoms with Crippen LogP contribution in [0.1, 0.15) is 12.8 Å². The van der Waals surface area contributed by atoms with Crippen molar-refractivity contribution in [3.8, 4) is 0 Å². The second-order valence-corrected chi connectivity index (χ2v) is 6.14. The fraction of sp³-hybridized carbons (Fsp3) is 0.545. The van der Waals surface area contributed by atoms with Crippen molar-refractivity contribution < 1.29 is 8.42 Å². The number of nitrogens with two attached hydrogens (primary N) is 1. The fourth-order valence-corrected chi connectivity index (χ4v) is 2.75. The van der Waals surface area contributed by atoms with Crippen molar-refractivity contribution in [2.75, 3.05) is 32.6 Å². The van der Waals surface area contributed by atoms with Crippen molar-refractivity contribution in [2.45, 2.75) is 17.7 Å². The van der Waals surface area contributed by atoms with E-state index in [0.717, 1.165) is 19.4 Å². The Morgan fingerprint density at radius 2 is 2.11 bits per heavy atom. The third-order valence-corrected chi connectivity index (χ3v) is 4.01. The molecular weight excluding hydrogens is 266 g/mol. The van der Waals surface area contributed by atoms with Crippen LogP contribution in [0, 0.1) is 0 Å². The second kappa shape index (κ2) is 7.39. The molecule has 0 aromatic carbocycles. The Labute approximate surface area is 114 Å². The first kappa shape index (κ1) is 15.8. The van der Waals surface area contributed by atoms with Crippen molar-refractivity contribution in [2.24, 2.45) is 5.84 Å². The number of nitrogens with zero attached hydrogens (tertiary/aromatic N) is 2. The second-order valence-electron chi connectivity index (χ2n) is 4.40. The van der Waals surface area contributed by atoms with Crippen molar-refractivity contribution in [1.29, 1.82) is 0 Å². The number of rotatable bonds is 8. The van der Waals surface area contributed by atoms with Crippen molar-refractivity contribution >= 4 is 15.8 Å². The molecule has 0 unspecified atom stereocenters. The van der Waals surface area contributed by atoms with Crippen LogP contribution in [0.2, 0.25) is 0 Å². The van der Waals surface area contributed by atoms with E-state index in [-0.39, 0.29) is 10.7 Å². The molecule has 0 spiro atoms. The Hall–Kier alpha value is -1.22. The van der Waals surface area contributed by atoms with Crippen LogP contribution in [-0.2, 0) is 10.0 Å². The first-order valence-electron chi connectivity index (χ1n) is 6.03. The summed E-state index contributed by atoms with van der Waals surface area (Å²) in [4.78, 5) is 5.99. The lowest BCUT2D eigenvalue weighted by molar-refractivity contribution is 0.394. The van der Waals surface area contributed by atoms with Gasteiger partial charge in [-0.05, 0) is 45.6 Å². The van der Waals surface area contributed by atoms with E-state index < -0.39 is 10.0 Å². The van der Waals surface area contributed by atoms with E-state index in [9.17, 15) is 8.42 Å². The SMILES string of the molecule is CN(C)CCCCNS(=O)(=O)c1cccnc1NN. The van der Waals surface area contributed by atoms with Crippen molar-refractivity contribution in [3.05, 3.63) is 18.3 Å². The van der Waals surface area contributed by atoms with Crippen LogP contribution in [-0.4, -0.2) is 45.5 Å². The predicted octanol–water partition coefficient (Wildman–Crippen LogP) is -0.0127. The first-order chi connectivity index (χ1) is 8.97. The van der Waals surface area contributed by atoms with Crippen LogP contribution in [0.4, 0.5) is 5.82 Å². The van der Waals surface area contributed by atoms with Gasteiger partial charge in [0.05, 0.1) is 0 Å². The van der Waals surface area contributed by atoms with Crippen LogP contribution in [0.25, 0.3) is 0 Å². The number of anilines is 1. The van der Waals surface area contributed by atoms with Crippen LogP contribution in [0.5, 0.6) is 0 Å². The Kier molecular flexibility index (Phi) is 6.16. The van der Waals surface area contributed by atoms with E-state index in [0.29, 0.717) is 6.54 Å². The maximum absolute atomic E-state index is 12.1. The van der Waals surface area contributed by atoms with E-state index in [2.05, 4.69) is 20.0 Å². The lowest BCUT2D eigenvalue weighted by Gasteiger charge is -2.11. The summed E-state index contributed by atoms with van der Waals surface area (Å²) in [6, 6.07) is 3.02. The molecule has 108 valence electrons. The van der Waals surface area contributed by atoms with Gasteiger partial charge < -0.3 is 10.3 Å². The number of hydrazine groups is 1. The van der Waals surface area contributed by atoms with Crippen LogP contribution in [0.15, 0.2) is 23.2 Å². The molecule has 8 heteroatoms. The zero-order chi connectivity index (χ0) is 14.3. The molecule has 1 aromatic heterocycles. The molecule has 0 amide bonds. The zero-order valence-corrected chi connectivity index (χ0v) is 12.1. The number of nitrogen functional groups attached to an aromatic ring is 1. The largest absolute Gasteiger partial charge is 0.309 e. The highest BCUT2D eigenvalue weighted by atomic mass is 32.2. The molecular formula is C11H21N5O2S. The molecule has 19 heavy (non-hydrogen) atoms. The number of sulfonamides is 1. The van der Waals surface area contributed by atoms with Crippen LogP contribution >= 0.6 is 0 Å². The molecule has 0 aliphatic carbocycles. The quantitative estimate of drug-likeness (QED) is 0.353. The normalized spacial score (nSPS) is 11.8. The minimum atomic E-state index is -3.57. The van der Waals surface area contributed by atoms with Gasteiger partial charge in [-0.3, -0.25) is 0 Å². The topological polar surface area (TPSA) is 100 Å². The Bertz CT molecular complexity index is 490. The van der Waals surface area contributed by atoms with Gasteiger partial charge in [0.25, 0.3) is 0 Å². The third-order valence-electron chi connectivity index (χ3n) is 2.52. The Balaban J connectivity index is 2.56. The van der Waals surface area contributed by atoms with Gasteiger partial charge in [0, 0.05) is 12.7 Å². The molecule has 0 bridgehead atoms. The van der Waals surface area contributed by atoms with Gasteiger partial charge in [-0.2, -0.15) is 0 Å². The van der Waals surface area contributed by atoms with Crippen molar-refractivity contribution in [3.63, 3.8) is 0 Å². The summed E-state index contributed by atoms with van der Waals surface area (Å²) in [5, 5.41) is 0. The molecule has 7 nitrogen and oxygen atoms in total. The standard InChI is InChI=1S/C11H21N5O2S/c1-16(2)9-4-3-8-14-19(17,18)10-6-5-7-13-11(10)15-12/h5-7,14H,3-4,8-9,12H2,1-2H3,(H,13,15). The summed E-state index contributed by atoms with van der Waals surface area (Å²) in [5.41, 5.74) is 2.28. The maximum atomic E-state index is 12.1. The molecule has 0 aliphatic heterocycles. The molecule has 1 heterocycles. The molecule has 1 rings (SSSR count). The molecule has 0 fully saturated rings.